The largest absolute Gasteiger partial charge is 0.298 e. The quantitative estimate of drug-likeness (QED) is 0.467. The number of hydrogen-bond donors (Lipinski definition) is 0. The van der Waals surface area contributed by atoms with Crippen LogP contribution in [0.4, 0.5) is 0 Å². The summed E-state index contributed by atoms with van der Waals surface area (Å²) < 4.78 is 0.311. The van der Waals surface area contributed by atoms with Gasteiger partial charge in [0.25, 0.3) is 0 Å². The number of carbonyl (C=O) groups is 1. The number of Topliss-reactive ketones (excluding diaryl/α,β-unsaturated/α-hetero) is 1. The van der Waals surface area contributed by atoms with E-state index in [9.17, 15) is 4.79 Å². The van der Waals surface area contributed by atoms with Crippen LogP contribution < -0.4 is 0 Å². The average molecular weight is 238 g/mol. The van der Waals surface area contributed by atoms with Crippen LogP contribution in [0.25, 0.3) is 0 Å². The van der Waals surface area contributed by atoms with Crippen LogP contribution in [0.2, 0.25) is 0 Å². The third-order valence-corrected chi connectivity index (χ3v) is 3.13. The smallest absolute Gasteiger partial charge is 0.148 e. The van der Waals surface area contributed by atoms with Gasteiger partial charge in [0.2, 0.25) is 0 Å². The summed E-state index contributed by atoms with van der Waals surface area (Å²) in [6.45, 7) is 2.03. The maximum absolute atomic E-state index is 11.1. The van der Waals surface area contributed by atoms with Crippen molar-refractivity contribution >= 4 is 28.4 Å². The molecule has 1 aliphatic rings. The molecular formula is C7H11IO. The molecule has 0 spiro atoms. The molecule has 0 saturated heterocycles. The zero-order valence-corrected chi connectivity index (χ0v) is 7.72. The van der Waals surface area contributed by atoms with E-state index in [1.807, 2.05) is 6.92 Å². The summed E-state index contributed by atoms with van der Waals surface area (Å²) in [5.41, 5.74) is 0. The standard InChI is InChI=1S/C7H11IO/c1-5-3-2-4-6(8)7(5)9/h5-6H,2-4H2,1H3. The van der Waals surface area contributed by atoms with Gasteiger partial charge in [0, 0.05) is 5.92 Å². The van der Waals surface area contributed by atoms with Gasteiger partial charge in [-0.3, -0.25) is 4.79 Å². The molecule has 0 aromatic rings. The molecule has 0 heterocycles. The van der Waals surface area contributed by atoms with Crippen LogP contribution in [-0.2, 0) is 4.79 Å². The van der Waals surface area contributed by atoms with E-state index in [-0.39, 0.29) is 0 Å². The minimum Gasteiger partial charge on any atom is -0.298 e. The normalized spacial score (nSPS) is 36.9. The van der Waals surface area contributed by atoms with Crippen molar-refractivity contribution in [2.24, 2.45) is 5.92 Å². The third kappa shape index (κ3) is 1.66. The first kappa shape index (κ1) is 7.51. The minimum atomic E-state index is 0.311. The first-order chi connectivity index (χ1) is 4.22. The molecular weight excluding hydrogens is 227 g/mol. The second-order valence-corrected chi connectivity index (χ2v) is 4.21. The highest BCUT2D eigenvalue weighted by Crippen LogP contribution is 2.25. The summed E-state index contributed by atoms with van der Waals surface area (Å²) in [5, 5.41) is 0. The van der Waals surface area contributed by atoms with Gasteiger partial charge in [-0.1, -0.05) is 35.9 Å². The van der Waals surface area contributed by atoms with Crippen molar-refractivity contribution in [2.75, 3.05) is 0 Å². The Morgan fingerprint density at radius 2 is 2.22 bits per heavy atom. The van der Waals surface area contributed by atoms with E-state index in [1.165, 1.54) is 6.42 Å². The van der Waals surface area contributed by atoms with E-state index in [4.69, 9.17) is 0 Å². The van der Waals surface area contributed by atoms with E-state index < -0.39 is 0 Å². The molecule has 0 bridgehead atoms. The predicted molar refractivity (Wildman–Crippen MR) is 45.8 cm³/mol. The molecule has 1 saturated carbocycles. The molecule has 9 heavy (non-hydrogen) atoms. The molecule has 52 valence electrons. The summed E-state index contributed by atoms with van der Waals surface area (Å²) >= 11 is 2.25. The molecule has 0 aromatic carbocycles. The van der Waals surface area contributed by atoms with Crippen molar-refractivity contribution in [3.8, 4) is 0 Å². The van der Waals surface area contributed by atoms with Crippen molar-refractivity contribution in [1.29, 1.82) is 0 Å². The van der Waals surface area contributed by atoms with Crippen LogP contribution in [0, 0.1) is 5.92 Å². The zero-order valence-electron chi connectivity index (χ0n) is 5.56. The summed E-state index contributed by atoms with van der Waals surface area (Å²) in [7, 11) is 0. The van der Waals surface area contributed by atoms with Crippen molar-refractivity contribution in [3.63, 3.8) is 0 Å². The van der Waals surface area contributed by atoms with Crippen molar-refractivity contribution in [3.05, 3.63) is 0 Å². The summed E-state index contributed by atoms with van der Waals surface area (Å²) in [4.78, 5) is 11.1. The molecule has 2 heteroatoms. The predicted octanol–water partition coefficient (Wildman–Crippen LogP) is 2.18. The van der Waals surface area contributed by atoms with Gasteiger partial charge in [-0.15, -0.1) is 0 Å². The lowest BCUT2D eigenvalue weighted by molar-refractivity contribution is -0.122. The molecule has 0 N–H and O–H groups in total. The highest BCUT2D eigenvalue weighted by molar-refractivity contribution is 14.1. The van der Waals surface area contributed by atoms with Gasteiger partial charge in [0.05, 0.1) is 3.92 Å². The lowest BCUT2D eigenvalue weighted by Crippen LogP contribution is -2.26. The Morgan fingerprint density at radius 1 is 1.56 bits per heavy atom. The van der Waals surface area contributed by atoms with Crippen LogP contribution in [0.5, 0.6) is 0 Å². The number of hydrogen-bond acceptors (Lipinski definition) is 1. The Balaban J connectivity index is 2.52. The number of alkyl halides is 1. The Labute approximate surface area is 69.3 Å². The fourth-order valence-corrected chi connectivity index (χ4v) is 2.25. The average Bonchev–Trinajstić information content (AvgIpc) is 1.83. The van der Waals surface area contributed by atoms with Crippen molar-refractivity contribution in [2.45, 2.75) is 30.1 Å². The lowest BCUT2D eigenvalue weighted by atomic mass is 9.90. The molecule has 0 amide bonds. The van der Waals surface area contributed by atoms with E-state index in [1.54, 1.807) is 0 Å². The fraction of sp³-hybridized carbons (Fsp3) is 0.857. The van der Waals surface area contributed by atoms with Gasteiger partial charge in [-0.25, -0.2) is 0 Å². The van der Waals surface area contributed by atoms with Gasteiger partial charge in [0.1, 0.15) is 5.78 Å². The highest BCUT2D eigenvalue weighted by Gasteiger charge is 2.25. The molecule has 1 aliphatic carbocycles. The van der Waals surface area contributed by atoms with Crippen molar-refractivity contribution in [1.82, 2.24) is 0 Å². The molecule has 1 nitrogen and oxygen atoms in total. The van der Waals surface area contributed by atoms with E-state index >= 15 is 0 Å². The van der Waals surface area contributed by atoms with Gasteiger partial charge < -0.3 is 0 Å². The first-order valence-corrected chi connectivity index (χ1v) is 4.64. The first-order valence-electron chi connectivity index (χ1n) is 3.39. The third-order valence-electron chi connectivity index (χ3n) is 1.89. The Hall–Kier alpha value is 0.400. The Bertz CT molecular complexity index is 110. The Morgan fingerprint density at radius 3 is 2.67 bits per heavy atom. The zero-order chi connectivity index (χ0) is 6.85. The number of carbonyl (C=O) groups excluding carboxylic acids is 1. The van der Waals surface area contributed by atoms with Gasteiger partial charge in [-0.2, -0.15) is 0 Å². The van der Waals surface area contributed by atoms with Gasteiger partial charge in [-0.05, 0) is 12.8 Å². The van der Waals surface area contributed by atoms with Crippen LogP contribution in [0.1, 0.15) is 26.2 Å². The van der Waals surface area contributed by atoms with E-state index in [2.05, 4.69) is 22.6 Å². The minimum absolute atomic E-state index is 0.311. The van der Waals surface area contributed by atoms with Crippen LogP contribution >= 0.6 is 22.6 Å². The summed E-state index contributed by atoms with van der Waals surface area (Å²) in [5.74, 6) is 0.794. The molecule has 0 radical (unpaired) electrons. The highest BCUT2D eigenvalue weighted by atomic mass is 127. The van der Waals surface area contributed by atoms with E-state index in [0.717, 1.165) is 12.8 Å². The molecule has 0 aliphatic heterocycles. The van der Waals surface area contributed by atoms with Gasteiger partial charge in [0.15, 0.2) is 0 Å². The molecule has 0 aromatic heterocycles. The molecule has 2 atom stereocenters. The maximum Gasteiger partial charge on any atom is 0.148 e. The summed E-state index contributed by atoms with van der Waals surface area (Å²) in [6, 6.07) is 0. The van der Waals surface area contributed by atoms with Crippen LogP contribution in [0.15, 0.2) is 0 Å². The molecule has 2 unspecified atom stereocenters. The fourth-order valence-electron chi connectivity index (χ4n) is 1.20. The molecule has 1 rings (SSSR count). The monoisotopic (exact) mass is 238 g/mol. The lowest BCUT2D eigenvalue weighted by Gasteiger charge is -2.20. The van der Waals surface area contributed by atoms with Crippen molar-refractivity contribution < 1.29 is 4.79 Å². The summed E-state index contributed by atoms with van der Waals surface area (Å²) in [6.07, 6.45) is 3.45. The number of halogens is 1. The van der Waals surface area contributed by atoms with Crippen LogP contribution in [-0.4, -0.2) is 9.71 Å². The number of rotatable bonds is 0. The Kier molecular flexibility index (Phi) is 2.50. The second-order valence-electron chi connectivity index (χ2n) is 2.70. The van der Waals surface area contributed by atoms with Gasteiger partial charge >= 0.3 is 0 Å². The SMILES string of the molecule is CC1CCCC(I)C1=O. The molecule has 1 fully saturated rings. The topological polar surface area (TPSA) is 17.1 Å². The second kappa shape index (κ2) is 2.99. The van der Waals surface area contributed by atoms with Crippen LogP contribution in [0.3, 0.4) is 0 Å². The maximum atomic E-state index is 11.1. The number of ketones is 1. The van der Waals surface area contributed by atoms with E-state index in [0.29, 0.717) is 15.6 Å².